The lowest BCUT2D eigenvalue weighted by atomic mass is 10.0. The molecule has 0 fully saturated rings. The number of aliphatic hydroxyl groups is 1. The van der Waals surface area contributed by atoms with E-state index >= 15 is 0 Å². The zero-order chi connectivity index (χ0) is 74.4. The zero-order valence-corrected chi connectivity index (χ0v) is 68.2. The highest BCUT2D eigenvalue weighted by atomic mass is 31.2. The van der Waals surface area contributed by atoms with Crippen molar-refractivity contribution in [1.29, 1.82) is 0 Å². The van der Waals surface area contributed by atoms with Gasteiger partial charge in [-0.15, -0.1) is 0 Å². The molecule has 0 saturated carbocycles. The molecule has 3 N–H and O–H groups in total. The van der Waals surface area contributed by atoms with Gasteiger partial charge in [-0.2, -0.15) is 0 Å². The number of ether oxygens (including phenoxy) is 4. The van der Waals surface area contributed by atoms with Crippen LogP contribution >= 0.6 is 15.6 Å². The molecule has 101 heavy (non-hydrogen) atoms. The van der Waals surface area contributed by atoms with Crippen LogP contribution in [0, 0.1) is 17.8 Å². The Kier molecular flexibility index (Phi) is 70.9. The van der Waals surface area contributed by atoms with Gasteiger partial charge < -0.3 is 33.8 Å². The maximum absolute atomic E-state index is 13.1. The summed E-state index contributed by atoms with van der Waals surface area (Å²) in [4.78, 5) is 73.1. The van der Waals surface area contributed by atoms with Crippen molar-refractivity contribution in [3.8, 4) is 0 Å². The second-order valence-electron chi connectivity index (χ2n) is 30.9. The summed E-state index contributed by atoms with van der Waals surface area (Å²) in [5, 5.41) is 10.7. The van der Waals surface area contributed by atoms with Crippen molar-refractivity contribution in [3.05, 3.63) is 0 Å². The molecule has 0 radical (unpaired) electrons. The fraction of sp³-hybridized carbons (Fsp3) is 0.951. The van der Waals surface area contributed by atoms with Crippen molar-refractivity contribution in [2.75, 3.05) is 39.6 Å². The first-order valence-electron chi connectivity index (χ1n) is 42.3. The van der Waals surface area contributed by atoms with Crippen LogP contribution in [0.15, 0.2) is 0 Å². The number of unbranched alkanes of at least 4 members (excludes halogenated alkanes) is 48. The van der Waals surface area contributed by atoms with E-state index in [1.54, 1.807) is 0 Å². The van der Waals surface area contributed by atoms with Gasteiger partial charge in [-0.05, 0) is 43.4 Å². The fourth-order valence-electron chi connectivity index (χ4n) is 12.7. The summed E-state index contributed by atoms with van der Waals surface area (Å²) in [6.45, 7) is 12.0. The maximum atomic E-state index is 13.1. The molecular weight excluding hydrogens is 1320 g/mol. The van der Waals surface area contributed by atoms with Crippen LogP contribution in [-0.2, 0) is 65.4 Å². The zero-order valence-electron chi connectivity index (χ0n) is 66.4. The smallest absolute Gasteiger partial charge is 0.462 e. The Balaban J connectivity index is 5.27. The third-order valence-electron chi connectivity index (χ3n) is 19.1. The van der Waals surface area contributed by atoms with Gasteiger partial charge in [0.15, 0.2) is 12.2 Å². The van der Waals surface area contributed by atoms with E-state index in [4.69, 9.17) is 37.0 Å². The minimum absolute atomic E-state index is 0.107. The second-order valence-corrected chi connectivity index (χ2v) is 33.8. The van der Waals surface area contributed by atoms with Crippen LogP contribution in [0.5, 0.6) is 0 Å². The summed E-state index contributed by atoms with van der Waals surface area (Å²) in [6, 6.07) is 0. The van der Waals surface area contributed by atoms with E-state index in [1.165, 1.54) is 238 Å². The normalized spacial score (nSPS) is 14.0. The molecule has 0 amide bonds. The van der Waals surface area contributed by atoms with Gasteiger partial charge in [0, 0.05) is 25.7 Å². The van der Waals surface area contributed by atoms with E-state index in [0.717, 1.165) is 108 Å². The van der Waals surface area contributed by atoms with Gasteiger partial charge in [0.05, 0.1) is 26.4 Å². The molecule has 19 heteroatoms. The fourth-order valence-corrected chi connectivity index (χ4v) is 14.2. The van der Waals surface area contributed by atoms with Crippen molar-refractivity contribution >= 4 is 39.5 Å². The molecule has 0 bridgehead atoms. The highest BCUT2D eigenvalue weighted by Crippen LogP contribution is 2.45. The average Bonchev–Trinajstić information content (AvgIpc) is 0.942. The number of aliphatic hydroxyl groups excluding tert-OH is 1. The van der Waals surface area contributed by atoms with Crippen LogP contribution in [0.3, 0.4) is 0 Å². The minimum atomic E-state index is -4.96. The Hall–Kier alpha value is -1.94. The average molecular weight is 1480 g/mol. The van der Waals surface area contributed by atoms with Crippen LogP contribution < -0.4 is 0 Å². The molecule has 0 aliphatic heterocycles. The molecule has 600 valence electrons. The van der Waals surface area contributed by atoms with E-state index in [2.05, 4.69) is 48.5 Å². The number of hydrogen-bond acceptors (Lipinski definition) is 15. The Morgan fingerprint density at radius 2 is 0.455 bits per heavy atom. The Morgan fingerprint density at radius 3 is 0.673 bits per heavy atom. The highest BCUT2D eigenvalue weighted by molar-refractivity contribution is 7.47. The topological polar surface area (TPSA) is 237 Å². The summed E-state index contributed by atoms with van der Waals surface area (Å²) in [5.41, 5.74) is 0. The van der Waals surface area contributed by atoms with Crippen molar-refractivity contribution in [2.24, 2.45) is 17.8 Å². The van der Waals surface area contributed by atoms with E-state index in [1.807, 2.05) is 0 Å². The van der Waals surface area contributed by atoms with Gasteiger partial charge in [-0.3, -0.25) is 37.3 Å². The van der Waals surface area contributed by atoms with Crippen LogP contribution in [0.4, 0.5) is 0 Å². The highest BCUT2D eigenvalue weighted by Gasteiger charge is 2.30. The monoisotopic (exact) mass is 1480 g/mol. The van der Waals surface area contributed by atoms with Crippen molar-refractivity contribution < 1.29 is 80.2 Å². The van der Waals surface area contributed by atoms with E-state index in [-0.39, 0.29) is 25.7 Å². The van der Waals surface area contributed by atoms with Gasteiger partial charge in [-0.25, -0.2) is 9.13 Å². The van der Waals surface area contributed by atoms with Crippen LogP contribution in [0.1, 0.15) is 427 Å². The Morgan fingerprint density at radius 1 is 0.267 bits per heavy atom. The summed E-state index contributed by atoms with van der Waals surface area (Å²) >= 11 is 0. The van der Waals surface area contributed by atoms with E-state index in [9.17, 15) is 43.2 Å². The molecule has 2 unspecified atom stereocenters. The predicted molar refractivity (Wildman–Crippen MR) is 414 cm³/mol. The third kappa shape index (κ3) is 76.1. The molecule has 0 aliphatic carbocycles. The van der Waals surface area contributed by atoms with Crippen LogP contribution in [0.25, 0.3) is 0 Å². The van der Waals surface area contributed by atoms with Gasteiger partial charge in [-0.1, -0.05) is 376 Å². The summed E-state index contributed by atoms with van der Waals surface area (Å²) in [7, 11) is -9.92. The lowest BCUT2D eigenvalue weighted by Gasteiger charge is -2.21. The molecule has 0 spiro atoms. The third-order valence-corrected chi connectivity index (χ3v) is 21.0. The molecule has 17 nitrogen and oxygen atoms in total. The number of carbonyl (C=O) groups excluding carboxylic acids is 4. The van der Waals surface area contributed by atoms with Gasteiger partial charge >= 0.3 is 39.5 Å². The van der Waals surface area contributed by atoms with Crippen LogP contribution in [-0.4, -0.2) is 96.7 Å². The summed E-state index contributed by atoms with van der Waals surface area (Å²) in [5.74, 6) is 0.264. The molecule has 0 saturated heterocycles. The number of rotatable bonds is 80. The van der Waals surface area contributed by atoms with Crippen molar-refractivity contribution in [1.82, 2.24) is 0 Å². The van der Waals surface area contributed by atoms with E-state index < -0.39 is 97.5 Å². The first-order chi connectivity index (χ1) is 48.7. The molecular formula is C82H160O17P2. The van der Waals surface area contributed by atoms with Gasteiger partial charge in [0.2, 0.25) is 0 Å². The second kappa shape index (κ2) is 72.3. The number of phosphoric ester groups is 2. The standard InChI is InChI=1S/C82H160O17P2/c1-8-9-10-11-12-13-14-28-35-42-49-56-63-79(84)92-69-77(99-82(87)66-59-52-45-38-31-24-23-27-34-41-48-55-62-75(6)7)71-96-100(88,89)94-67-76(83)68-95-101(90,91)97-72-78(98-81(86)65-58-51-44-37-30-22-18-16-20-26-33-40-47-54-61-74(4)5)70-93-80(85)64-57-50-43-36-29-21-17-15-19-25-32-39-46-53-60-73(2)3/h73-78,83H,8-72H2,1-7H3,(H,88,89)(H,90,91)/t76-,77+,78+/m0/s1. The minimum Gasteiger partial charge on any atom is -0.462 e. The number of phosphoric acid groups is 2. The molecule has 0 aromatic rings. The Labute approximate surface area is 619 Å². The first-order valence-corrected chi connectivity index (χ1v) is 45.3. The molecule has 0 aliphatic rings. The van der Waals surface area contributed by atoms with Crippen LogP contribution in [0.2, 0.25) is 0 Å². The summed E-state index contributed by atoms with van der Waals surface area (Å²) < 4.78 is 68.8. The van der Waals surface area contributed by atoms with Gasteiger partial charge in [0.25, 0.3) is 0 Å². The molecule has 5 atom stereocenters. The maximum Gasteiger partial charge on any atom is 0.472 e. The first kappa shape index (κ1) is 99.1. The molecule has 0 aromatic carbocycles. The van der Waals surface area contributed by atoms with E-state index in [0.29, 0.717) is 25.7 Å². The summed E-state index contributed by atoms with van der Waals surface area (Å²) in [6.07, 6.45) is 60.9. The number of carbonyl (C=O) groups is 4. The lowest BCUT2D eigenvalue weighted by Crippen LogP contribution is -2.30. The number of hydrogen-bond donors (Lipinski definition) is 3. The lowest BCUT2D eigenvalue weighted by molar-refractivity contribution is -0.161. The number of esters is 4. The van der Waals surface area contributed by atoms with Crippen molar-refractivity contribution in [3.63, 3.8) is 0 Å². The quantitative estimate of drug-likeness (QED) is 0.0222. The van der Waals surface area contributed by atoms with Gasteiger partial charge in [0.1, 0.15) is 19.3 Å². The van der Waals surface area contributed by atoms with Crippen molar-refractivity contribution in [2.45, 2.75) is 446 Å². The Bertz CT molecular complexity index is 1960. The molecule has 0 rings (SSSR count). The largest absolute Gasteiger partial charge is 0.472 e. The molecule has 0 heterocycles. The predicted octanol–water partition coefficient (Wildman–Crippen LogP) is 24.5. The SMILES string of the molecule is CCCCCCCCCCCCCCC(=O)OC[C@H](COP(=O)(O)OC[C@H](O)COP(=O)(O)OC[C@@H](COC(=O)CCCCCCCCCCCCCCCCC(C)C)OC(=O)CCCCCCCCCCCCCCCCC(C)C)OC(=O)CCCCCCCCCCCCCCC(C)C. The molecule has 0 aromatic heterocycles.